The first kappa shape index (κ1) is 18.2. The molecular formula is C22H20N2O3. The van der Waals surface area contributed by atoms with E-state index >= 15 is 0 Å². The molecule has 136 valence electrons. The number of nitrogens with two attached hydrogens (primary N) is 1. The van der Waals surface area contributed by atoms with Crippen LogP contribution in [0.5, 0.6) is 0 Å². The Morgan fingerprint density at radius 2 is 1.52 bits per heavy atom. The number of hydrogen-bond donors (Lipinski definition) is 2. The highest BCUT2D eigenvalue weighted by atomic mass is 16.5. The molecule has 5 heteroatoms. The molecule has 0 heterocycles. The van der Waals surface area contributed by atoms with Crippen LogP contribution in [0.15, 0.2) is 78.9 Å². The van der Waals surface area contributed by atoms with E-state index in [1.54, 1.807) is 24.3 Å². The number of nitrogens with one attached hydrogen (secondary N) is 1. The van der Waals surface area contributed by atoms with Crippen molar-refractivity contribution in [1.29, 1.82) is 0 Å². The Morgan fingerprint density at radius 3 is 2.22 bits per heavy atom. The minimum absolute atomic E-state index is 0.341. The van der Waals surface area contributed by atoms with Gasteiger partial charge < -0.3 is 15.8 Å². The maximum absolute atomic E-state index is 12.5. The number of rotatable bonds is 5. The molecule has 1 amide bonds. The summed E-state index contributed by atoms with van der Waals surface area (Å²) in [5, 5.41) is 2.84. The Labute approximate surface area is 157 Å². The van der Waals surface area contributed by atoms with Gasteiger partial charge in [-0.2, -0.15) is 0 Å². The van der Waals surface area contributed by atoms with Gasteiger partial charge in [-0.1, -0.05) is 48.5 Å². The molecule has 3 N–H and O–H groups in total. The van der Waals surface area contributed by atoms with Crippen molar-refractivity contribution in [3.05, 3.63) is 84.4 Å². The van der Waals surface area contributed by atoms with Crippen LogP contribution in [0.1, 0.15) is 17.3 Å². The molecule has 0 bridgehead atoms. The lowest BCUT2D eigenvalue weighted by Crippen LogP contribution is -2.30. The molecule has 3 aromatic carbocycles. The first-order valence-electron chi connectivity index (χ1n) is 8.56. The Hall–Kier alpha value is -3.60. The minimum atomic E-state index is -0.945. The van der Waals surface area contributed by atoms with Crippen LogP contribution >= 0.6 is 0 Å². The van der Waals surface area contributed by atoms with Gasteiger partial charge in [0.15, 0.2) is 6.10 Å². The maximum atomic E-state index is 12.5. The quantitative estimate of drug-likeness (QED) is 0.530. The molecule has 0 radical (unpaired) electrons. The smallest absolute Gasteiger partial charge is 0.338 e. The Balaban J connectivity index is 1.70. The first-order chi connectivity index (χ1) is 13.0. The molecule has 0 aromatic heterocycles. The predicted octanol–water partition coefficient (Wildman–Crippen LogP) is 4.12. The summed E-state index contributed by atoms with van der Waals surface area (Å²) in [5.41, 5.74) is 9.03. The van der Waals surface area contributed by atoms with Crippen molar-refractivity contribution in [3.8, 4) is 11.1 Å². The number of amides is 1. The van der Waals surface area contributed by atoms with E-state index in [-0.39, 0.29) is 0 Å². The van der Waals surface area contributed by atoms with Gasteiger partial charge in [0.25, 0.3) is 5.91 Å². The van der Waals surface area contributed by atoms with Crippen molar-refractivity contribution >= 4 is 23.3 Å². The molecule has 0 spiro atoms. The van der Waals surface area contributed by atoms with Crippen molar-refractivity contribution in [3.63, 3.8) is 0 Å². The molecule has 0 unspecified atom stereocenters. The number of hydrogen-bond acceptors (Lipinski definition) is 4. The Kier molecular flexibility index (Phi) is 5.52. The van der Waals surface area contributed by atoms with Gasteiger partial charge in [0.2, 0.25) is 0 Å². The molecule has 0 aliphatic rings. The van der Waals surface area contributed by atoms with Crippen LogP contribution < -0.4 is 11.1 Å². The lowest BCUT2D eigenvalue weighted by atomic mass is 10.0. The van der Waals surface area contributed by atoms with E-state index in [4.69, 9.17) is 10.5 Å². The van der Waals surface area contributed by atoms with Gasteiger partial charge in [0.05, 0.1) is 5.56 Å². The average Bonchev–Trinajstić information content (AvgIpc) is 2.69. The maximum Gasteiger partial charge on any atom is 0.338 e. The molecule has 0 fully saturated rings. The van der Waals surface area contributed by atoms with E-state index in [1.165, 1.54) is 6.92 Å². The SMILES string of the molecule is C[C@H](OC(=O)c1ccc(N)cc1)C(=O)Nc1ccccc1-c1ccccc1. The average molecular weight is 360 g/mol. The molecule has 27 heavy (non-hydrogen) atoms. The number of benzene rings is 3. The fourth-order valence-corrected chi connectivity index (χ4v) is 2.60. The standard InChI is InChI=1S/C22H20N2O3/c1-15(27-22(26)17-11-13-18(23)14-12-17)21(25)24-20-10-6-5-9-19(20)16-7-3-2-4-8-16/h2-15H,23H2,1H3,(H,24,25)/t15-/m0/s1. The second-order valence-electron chi connectivity index (χ2n) is 6.07. The first-order valence-corrected chi connectivity index (χ1v) is 8.56. The highest BCUT2D eigenvalue weighted by molar-refractivity contribution is 6.00. The fourth-order valence-electron chi connectivity index (χ4n) is 2.60. The molecule has 0 saturated heterocycles. The van der Waals surface area contributed by atoms with Crippen molar-refractivity contribution in [2.75, 3.05) is 11.1 Å². The summed E-state index contributed by atoms with van der Waals surface area (Å²) < 4.78 is 5.26. The monoisotopic (exact) mass is 360 g/mol. The molecule has 5 nitrogen and oxygen atoms in total. The van der Waals surface area contributed by atoms with Gasteiger partial charge in [-0.3, -0.25) is 4.79 Å². The number of para-hydroxylation sites is 1. The minimum Gasteiger partial charge on any atom is -0.449 e. The van der Waals surface area contributed by atoms with Crippen molar-refractivity contribution in [1.82, 2.24) is 0 Å². The summed E-state index contributed by atoms with van der Waals surface area (Å²) >= 11 is 0. The van der Waals surface area contributed by atoms with Crippen LogP contribution in [0.4, 0.5) is 11.4 Å². The zero-order chi connectivity index (χ0) is 19.2. The number of anilines is 2. The molecule has 1 atom stereocenters. The summed E-state index contributed by atoms with van der Waals surface area (Å²) in [6.07, 6.45) is -0.945. The zero-order valence-corrected chi connectivity index (χ0v) is 14.9. The number of ether oxygens (including phenoxy) is 1. The lowest BCUT2D eigenvalue weighted by molar-refractivity contribution is -0.123. The van der Waals surface area contributed by atoms with E-state index < -0.39 is 18.0 Å². The summed E-state index contributed by atoms with van der Waals surface area (Å²) in [7, 11) is 0. The van der Waals surface area contributed by atoms with Crippen molar-refractivity contribution in [2.24, 2.45) is 0 Å². The summed E-state index contributed by atoms with van der Waals surface area (Å²) in [4.78, 5) is 24.7. The van der Waals surface area contributed by atoms with Gasteiger partial charge in [0, 0.05) is 16.9 Å². The Bertz CT molecular complexity index is 937. The number of nitrogen functional groups attached to an aromatic ring is 1. The summed E-state index contributed by atoms with van der Waals surface area (Å²) in [5.74, 6) is -0.976. The third-order valence-corrected chi connectivity index (χ3v) is 4.07. The van der Waals surface area contributed by atoms with E-state index in [0.717, 1.165) is 11.1 Å². The third-order valence-electron chi connectivity index (χ3n) is 4.07. The van der Waals surface area contributed by atoms with Crippen LogP contribution in [-0.4, -0.2) is 18.0 Å². The van der Waals surface area contributed by atoms with Crippen molar-refractivity contribution < 1.29 is 14.3 Å². The van der Waals surface area contributed by atoms with Crippen LogP contribution in [-0.2, 0) is 9.53 Å². The zero-order valence-electron chi connectivity index (χ0n) is 14.9. The molecule has 0 saturated carbocycles. The van der Waals surface area contributed by atoms with Crippen molar-refractivity contribution in [2.45, 2.75) is 13.0 Å². The Morgan fingerprint density at radius 1 is 0.889 bits per heavy atom. The highest BCUT2D eigenvalue weighted by Crippen LogP contribution is 2.27. The van der Waals surface area contributed by atoms with E-state index in [2.05, 4.69) is 5.32 Å². The number of carbonyl (C=O) groups excluding carboxylic acids is 2. The van der Waals surface area contributed by atoms with Crippen LogP contribution in [0.2, 0.25) is 0 Å². The van der Waals surface area contributed by atoms with E-state index in [9.17, 15) is 9.59 Å². The molecule has 3 aromatic rings. The van der Waals surface area contributed by atoms with Gasteiger partial charge in [0.1, 0.15) is 0 Å². The van der Waals surface area contributed by atoms with Gasteiger partial charge in [-0.05, 0) is 42.8 Å². The topological polar surface area (TPSA) is 81.4 Å². The van der Waals surface area contributed by atoms with Crippen LogP contribution in [0.3, 0.4) is 0 Å². The van der Waals surface area contributed by atoms with Gasteiger partial charge in [-0.25, -0.2) is 4.79 Å². The fraction of sp³-hybridized carbons (Fsp3) is 0.0909. The summed E-state index contributed by atoms with van der Waals surface area (Å²) in [6.45, 7) is 1.54. The third kappa shape index (κ3) is 4.52. The second-order valence-corrected chi connectivity index (χ2v) is 6.07. The summed E-state index contributed by atoms with van der Waals surface area (Å²) in [6, 6.07) is 23.6. The number of carbonyl (C=O) groups is 2. The van der Waals surface area contributed by atoms with Gasteiger partial charge in [-0.15, -0.1) is 0 Å². The van der Waals surface area contributed by atoms with Gasteiger partial charge >= 0.3 is 5.97 Å². The van der Waals surface area contributed by atoms with E-state index in [1.807, 2.05) is 54.6 Å². The highest BCUT2D eigenvalue weighted by Gasteiger charge is 2.20. The normalized spacial score (nSPS) is 11.4. The molecule has 0 aliphatic carbocycles. The predicted molar refractivity (Wildman–Crippen MR) is 106 cm³/mol. The molecule has 3 rings (SSSR count). The van der Waals surface area contributed by atoms with Crippen LogP contribution in [0, 0.1) is 0 Å². The lowest BCUT2D eigenvalue weighted by Gasteiger charge is -2.16. The second kappa shape index (κ2) is 8.19. The van der Waals surface area contributed by atoms with Crippen LogP contribution in [0.25, 0.3) is 11.1 Å². The molecular weight excluding hydrogens is 340 g/mol. The van der Waals surface area contributed by atoms with E-state index in [0.29, 0.717) is 16.9 Å². The number of esters is 1. The molecule has 0 aliphatic heterocycles. The largest absolute Gasteiger partial charge is 0.449 e.